The van der Waals surface area contributed by atoms with Crippen LogP contribution in [0, 0.1) is 11.8 Å². The Morgan fingerprint density at radius 1 is 1.50 bits per heavy atom. The summed E-state index contributed by atoms with van der Waals surface area (Å²) in [5.74, 6) is -0.234. The molecule has 5 heteroatoms. The summed E-state index contributed by atoms with van der Waals surface area (Å²) < 4.78 is 5.11. The number of rotatable bonds is 3. The summed E-state index contributed by atoms with van der Waals surface area (Å²) in [4.78, 5) is 24.2. The Bertz CT molecular complexity index is 266. The van der Waals surface area contributed by atoms with Crippen LogP contribution in [0.15, 0.2) is 0 Å². The van der Waals surface area contributed by atoms with Gasteiger partial charge in [0.05, 0.1) is 12.5 Å². The SMILES string of the molecule is CC(C)COC(=O)N1CCC[C@H](C(N)=O)C1. The molecule has 2 amide bonds. The van der Waals surface area contributed by atoms with Crippen LogP contribution in [-0.2, 0) is 9.53 Å². The fraction of sp³-hybridized carbons (Fsp3) is 0.818. The molecular weight excluding hydrogens is 208 g/mol. The average Bonchev–Trinajstić information content (AvgIpc) is 2.26. The van der Waals surface area contributed by atoms with Gasteiger partial charge in [0.25, 0.3) is 0 Å². The predicted molar refractivity (Wildman–Crippen MR) is 59.7 cm³/mol. The summed E-state index contributed by atoms with van der Waals surface area (Å²) >= 11 is 0. The molecule has 5 nitrogen and oxygen atoms in total. The Morgan fingerprint density at radius 3 is 2.75 bits per heavy atom. The number of nitrogens with zero attached hydrogens (tertiary/aromatic N) is 1. The van der Waals surface area contributed by atoms with Gasteiger partial charge in [-0.05, 0) is 18.8 Å². The van der Waals surface area contributed by atoms with E-state index >= 15 is 0 Å². The highest BCUT2D eigenvalue weighted by atomic mass is 16.6. The predicted octanol–water partition coefficient (Wildman–Crippen LogP) is 0.976. The van der Waals surface area contributed by atoms with Gasteiger partial charge < -0.3 is 15.4 Å². The minimum absolute atomic E-state index is 0.222. The van der Waals surface area contributed by atoms with E-state index in [0.29, 0.717) is 25.6 Å². The Hall–Kier alpha value is -1.26. The molecule has 92 valence electrons. The maximum Gasteiger partial charge on any atom is 0.409 e. The van der Waals surface area contributed by atoms with Gasteiger partial charge >= 0.3 is 6.09 Å². The standard InChI is InChI=1S/C11H20N2O3/c1-8(2)7-16-11(15)13-5-3-4-9(6-13)10(12)14/h8-9H,3-7H2,1-2H3,(H2,12,14)/t9-/m0/s1. The van der Waals surface area contributed by atoms with Crippen LogP contribution in [0.4, 0.5) is 4.79 Å². The molecule has 2 N–H and O–H groups in total. The number of likely N-dealkylation sites (tertiary alicyclic amines) is 1. The van der Waals surface area contributed by atoms with Crippen molar-refractivity contribution in [3.05, 3.63) is 0 Å². The number of piperidine rings is 1. The number of nitrogens with two attached hydrogens (primary N) is 1. The van der Waals surface area contributed by atoms with E-state index in [1.54, 1.807) is 4.90 Å². The average molecular weight is 228 g/mol. The number of hydrogen-bond acceptors (Lipinski definition) is 3. The first-order chi connectivity index (χ1) is 7.50. The smallest absolute Gasteiger partial charge is 0.409 e. The van der Waals surface area contributed by atoms with Crippen LogP contribution in [0.2, 0.25) is 0 Å². The molecule has 0 aromatic heterocycles. The second-order valence-corrected chi connectivity index (χ2v) is 4.66. The van der Waals surface area contributed by atoms with Crippen molar-refractivity contribution in [3.8, 4) is 0 Å². The molecule has 0 unspecified atom stereocenters. The Kier molecular flexibility index (Phi) is 4.58. The Balaban J connectivity index is 2.41. The van der Waals surface area contributed by atoms with Crippen molar-refractivity contribution in [2.45, 2.75) is 26.7 Å². The summed E-state index contributed by atoms with van der Waals surface area (Å²) in [5, 5.41) is 0. The fourth-order valence-corrected chi connectivity index (χ4v) is 1.70. The summed E-state index contributed by atoms with van der Waals surface area (Å²) in [6.07, 6.45) is 1.24. The van der Waals surface area contributed by atoms with Crippen molar-refractivity contribution in [1.29, 1.82) is 0 Å². The Labute approximate surface area is 95.9 Å². The lowest BCUT2D eigenvalue weighted by Gasteiger charge is -2.30. The van der Waals surface area contributed by atoms with Crippen molar-refractivity contribution >= 4 is 12.0 Å². The van der Waals surface area contributed by atoms with Gasteiger partial charge in [-0.3, -0.25) is 4.79 Å². The van der Waals surface area contributed by atoms with Crippen LogP contribution >= 0.6 is 0 Å². The zero-order chi connectivity index (χ0) is 12.1. The molecule has 0 bridgehead atoms. The second-order valence-electron chi connectivity index (χ2n) is 4.66. The van der Waals surface area contributed by atoms with Crippen molar-refractivity contribution in [1.82, 2.24) is 4.90 Å². The molecule has 0 spiro atoms. The quantitative estimate of drug-likeness (QED) is 0.782. The van der Waals surface area contributed by atoms with Gasteiger partial charge in [-0.2, -0.15) is 0 Å². The first-order valence-corrected chi connectivity index (χ1v) is 5.71. The molecule has 1 aliphatic heterocycles. The lowest BCUT2D eigenvalue weighted by molar-refractivity contribution is -0.123. The third-order valence-corrected chi connectivity index (χ3v) is 2.62. The zero-order valence-electron chi connectivity index (χ0n) is 9.94. The van der Waals surface area contributed by atoms with Crippen LogP contribution in [0.5, 0.6) is 0 Å². The molecule has 1 saturated heterocycles. The molecule has 1 heterocycles. The number of hydrogen-bond donors (Lipinski definition) is 1. The normalized spacial score (nSPS) is 20.9. The number of amides is 2. The van der Waals surface area contributed by atoms with E-state index in [4.69, 9.17) is 10.5 Å². The molecular formula is C11H20N2O3. The molecule has 16 heavy (non-hydrogen) atoms. The summed E-state index contributed by atoms with van der Waals surface area (Å²) in [5.41, 5.74) is 5.23. The van der Waals surface area contributed by atoms with Gasteiger partial charge in [-0.15, -0.1) is 0 Å². The molecule has 0 saturated carbocycles. The maximum atomic E-state index is 11.6. The largest absolute Gasteiger partial charge is 0.449 e. The first kappa shape index (κ1) is 12.8. The minimum Gasteiger partial charge on any atom is -0.449 e. The number of primary amides is 1. The van der Waals surface area contributed by atoms with E-state index in [0.717, 1.165) is 12.8 Å². The summed E-state index contributed by atoms with van der Waals surface area (Å²) in [7, 11) is 0. The molecule has 1 atom stereocenters. The van der Waals surface area contributed by atoms with Crippen molar-refractivity contribution in [2.75, 3.05) is 19.7 Å². The van der Waals surface area contributed by atoms with E-state index in [9.17, 15) is 9.59 Å². The fourth-order valence-electron chi connectivity index (χ4n) is 1.70. The van der Waals surface area contributed by atoms with E-state index in [2.05, 4.69) is 0 Å². The third kappa shape index (κ3) is 3.72. The molecule has 0 aromatic rings. The van der Waals surface area contributed by atoms with Gasteiger partial charge in [0, 0.05) is 13.1 Å². The molecule has 1 rings (SSSR count). The molecule has 0 aliphatic carbocycles. The first-order valence-electron chi connectivity index (χ1n) is 5.71. The molecule has 1 aliphatic rings. The van der Waals surface area contributed by atoms with Gasteiger partial charge in [-0.25, -0.2) is 4.79 Å². The second kappa shape index (κ2) is 5.72. The summed E-state index contributed by atoms with van der Waals surface area (Å²) in [6, 6.07) is 0. The maximum absolute atomic E-state index is 11.6. The van der Waals surface area contributed by atoms with Crippen LogP contribution in [0.3, 0.4) is 0 Å². The van der Waals surface area contributed by atoms with E-state index in [1.165, 1.54) is 0 Å². The number of carbonyl (C=O) groups is 2. The third-order valence-electron chi connectivity index (χ3n) is 2.62. The van der Waals surface area contributed by atoms with Crippen LogP contribution in [0.25, 0.3) is 0 Å². The van der Waals surface area contributed by atoms with Crippen LogP contribution in [-0.4, -0.2) is 36.6 Å². The molecule has 1 fully saturated rings. The highest BCUT2D eigenvalue weighted by Crippen LogP contribution is 2.16. The van der Waals surface area contributed by atoms with Gasteiger partial charge in [0.2, 0.25) is 5.91 Å². The Morgan fingerprint density at radius 2 is 2.19 bits per heavy atom. The topological polar surface area (TPSA) is 72.6 Å². The van der Waals surface area contributed by atoms with Gasteiger partial charge in [0.15, 0.2) is 0 Å². The monoisotopic (exact) mass is 228 g/mol. The molecule has 0 aromatic carbocycles. The van der Waals surface area contributed by atoms with Gasteiger partial charge in [-0.1, -0.05) is 13.8 Å². The van der Waals surface area contributed by atoms with E-state index < -0.39 is 0 Å². The van der Waals surface area contributed by atoms with Gasteiger partial charge in [0.1, 0.15) is 0 Å². The van der Waals surface area contributed by atoms with Crippen LogP contribution < -0.4 is 5.73 Å². The zero-order valence-corrected chi connectivity index (χ0v) is 9.94. The summed E-state index contributed by atoms with van der Waals surface area (Å²) in [6.45, 7) is 5.43. The number of carbonyl (C=O) groups excluding carboxylic acids is 2. The van der Waals surface area contributed by atoms with Crippen molar-refractivity contribution < 1.29 is 14.3 Å². The lowest BCUT2D eigenvalue weighted by atomic mass is 9.98. The lowest BCUT2D eigenvalue weighted by Crippen LogP contribution is -2.44. The molecule has 0 radical (unpaired) electrons. The van der Waals surface area contributed by atoms with E-state index in [1.807, 2.05) is 13.8 Å². The highest BCUT2D eigenvalue weighted by molar-refractivity contribution is 5.78. The number of ether oxygens (including phenoxy) is 1. The minimum atomic E-state index is -0.334. The highest BCUT2D eigenvalue weighted by Gasteiger charge is 2.27. The van der Waals surface area contributed by atoms with Crippen LogP contribution in [0.1, 0.15) is 26.7 Å². The van der Waals surface area contributed by atoms with Crippen molar-refractivity contribution in [3.63, 3.8) is 0 Å². The van der Waals surface area contributed by atoms with Crippen molar-refractivity contribution in [2.24, 2.45) is 17.6 Å². The van der Waals surface area contributed by atoms with E-state index in [-0.39, 0.29) is 17.9 Å².